The van der Waals surface area contributed by atoms with Crippen LogP contribution >= 0.6 is 0 Å². The van der Waals surface area contributed by atoms with Gasteiger partial charge in [-0.2, -0.15) is 4.98 Å². The van der Waals surface area contributed by atoms with Crippen LogP contribution in [-0.4, -0.2) is 50.9 Å². The predicted octanol–water partition coefficient (Wildman–Crippen LogP) is 3.55. The van der Waals surface area contributed by atoms with Crippen molar-refractivity contribution in [2.24, 2.45) is 0 Å². The molecule has 176 valence electrons. The molecule has 0 aliphatic rings. The van der Waals surface area contributed by atoms with Crippen molar-refractivity contribution in [1.82, 2.24) is 24.5 Å². The van der Waals surface area contributed by atoms with Crippen LogP contribution < -0.4 is 15.2 Å². The second-order valence-electron chi connectivity index (χ2n) is 7.33. The normalized spacial score (nSPS) is 11.4. The van der Waals surface area contributed by atoms with E-state index in [0.29, 0.717) is 16.8 Å². The van der Waals surface area contributed by atoms with E-state index in [1.165, 1.54) is 41.8 Å². The molecule has 0 aliphatic heterocycles. The number of halogens is 3. The minimum absolute atomic E-state index is 0.0340. The number of pyridine rings is 2. The molecule has 4 aromatic rings. The summed E-state index contributed by atoms with van der Waals surface area (Å²) in [4.78, 5) is 22.9. The molecule has 1 aromatic carbocycles. The molecular formula is C22H19F3N6O3. The monoisotopic (exact) mass is 472 g/mol. The van der Waals surface area contributed by atoms with Gasteiger partial charge in [-0.25, -0.2) is 9.50 Å². The summed E-state index contributed by atoms with van der Waals surface area (Å²) in [6.45, 7) is 0.0340. The summed E-state index contributed by atoms with van der Waals surface area (Å²) in [5, 5.41) is 4.03. The average Bonchev–Trinajstić information content (AvgIpc) is 3.16. The highest BCUT2D eigenvalue weighted by atomic mass is 19.4. The summed E-state index contributed by atoms with van der Waals surface area (Å²) in [5.74, 6) is -0.549. The van der Waals surface area contributed by atoms with E-state index in [9.17, 15) is 18.0 Å². The number of fused-ring (bicyclic) bond motifs is 1. The van der Waals surface area contributed by atoms with E-state index in [1.807, 2.05) is 0 Å². The first-order valence-electron chi connectivity index (χ1n) is 9.89. The fourth-order valence-corrected chi connectivity index (χ4v) is 3.40. The summed E-state index contributed by atoms with van der Waals surface area (Å²) in [6.07, 6.45) is -1.57. The van der Waals surface area contributed by atoms with Gasteiger partial charge in [0.05, 0.1) is 7.11 Å². The van der Waals surface area contributed by atoms with Crippen LogP contribution in [0.1, 0.15) is 15.9 Å². The number of hydrogen-bond acceptors (Lipinski definition) is 7. The third kappa shape index (κ3) is 5.00. The second-order valence-corrected chi connectivity index (χ2v) is 7.33. The first-order valence-corrected chi connectivity index (χ1v) is 9.89. The Bertz CT molecular complexity index is 1360. The van der Waals surface area contributed by atoms with Gasteiger partial charge in [-0.3, -0.25) is 4.79 Å². The summed E-state index contributed by atoms with van der Waals surface area (Å²) in [5.41, 5.74) is 8.15. The predicted molar refractivity (Wildman–Crippen MR) is 116 cm³/mol. The lowest BCUT2D eigenvalue weighted by Crippen LogP contribution is -2.27. The van der Waals surface area contributed by atoms with Gasteiger partial charge >= 0.3 is 6.36 Å². The third-order valence-corrected chi connectivity index (χ3v) is 4.86. The van der Waals surface area contributed by atoms with Crippen LogP contribution in [0.5, 0.6) is 11.6 Å². The molecule has 0 bridgehead atoms. The smallest absolute Gasteiger partial charge is 0.480 e. The molecule has 1 amide bonds. The van der Waals surface area contributed by atoms with Crippen LogP contribution in [0.4, 0.5) is 19.1 Å². The number of benzene rings is 1. The van der Waals surface area contributed by atoms with Crippen molar-refractivity contribution in [3.05, 3.63) is 66.0 Å². The molecule has 0 fully saturated rings. The summed E-state index contributed by atoms with van der Waals surface area (Å²) < 4.78 is 48.3. The third-order valence-electron chi connectivity index (χ3n) is 4.86. The van der Waals surface area contributed by atoms with Gasteiger partial charge in [-0.05, 0) is 41.5 Å². The highest BCUT2D eigenvalue weighted by Gasteiger charge is 2.31. The lowest BCUT2D eigenvalue weighted by atomic mass is 10.1. The minimum Gasteiger partial charge on any atom is -0.480 e. The van der Waals surface area contributed by atoms with Crippen molar-refractivity contribution in [3.8, 4) is 22.8 Å². The van der Waals surface area contributed by atoms with E-state index in [-0.39, 0.29) is 29.7 Å². The molecule has 34 heavy (non-hydrogen) atoms. The molecule has 0 aliphatic carbocycles. The van der Waals surface area contributed by atoms with Crippen LogP contribution in [-0.2, 0) is 6.54 Å². The van der Waals surface area contributed by atoms with Crippen LogP contribution in [0.2, 0.25) is 0 Å². The van der Waals surface area contributed by atoms with Crippen molar-refractivity contribution in [2.75, 3.05) is 19.9 Å². The Morgan fingerprint density at radius 1 is 1.18 bits per heavy atom. The highest BCUT2D eigenvalue weighted by molar-refractivity contribution is 5.97. The van der Waals surface area contributed by atoms with Crippen LogP contribution in [0.15, 0.2) is 54.9 Å². The largest absolute Gasteiger partial charge is 0.573 e. The average molecular weight is 472 g/mol. The van der Waals surface area contributed by atoms with Gasteiger partial charge in [0.1, 0.15) is 11.3 Å². The van der Waals surface area contributed by atoms with Crippen LogP contribution in [0.3, 0.4) is 0 Å². The molecule has 0 saturated carbocycles. The Morgan fingerprint density at radius 2 is 1.97 bits per heavy atom. The topological polar surface area (TPSA) is 108 Å². The first kappa shape index (κ1) is 22.8. The van der Waals surface area contributed by atoms with Gasteiger partial charge in [-0.1, -0.05) is 12.1 Å². The maximum Gasteiger partial charge on any atom is 0.573 e. The number of nitrogen functional groups attached to an aromatic ring is 1. The van der Waals surface area contributed by atoms with E-state index in [2.05, 4.69) is 19.8 Å². The van der Waals surface area contributed by atoms with E-state index in [1.54, 1.807) is 36.7 Å². The molecule has 0 spiro atoms. The minimum atomic E-state index is -4.80. The van der Waals surface area contributed by atoms with Gasteiger partial charge in [0.15, 0.2) is 5.65 Å². The number of nitrogens with two attached hydrogens (primary N) is 1. The maximum atomic E-state index is 13.2. The van der Waals surface area contributed by atoms with E-state index >= 15 is 0 Å². The van der Waals surface area contributed by atoms with E-state index < -0.39 is 12.3 Å². The summed E-state index contributed by atoms with van der Waals surface area (Å²) in [7, 11) is 2.92. The second kappa shape index (κ2) is 8.89. The Morgan fingerprint density at radius 3 is 2.71 bits per heavy atom. The Hall–Kier alpha value is -4.35. The number of carbonyl (C=O) groups is 1. The Balaban J connectivity index is 1.60. The number of nitrogens with zero attached hydrogens (tertiary/aromatic N) is 5. The first-order chi connectivity index (χ1) is 16.1. The van der Waals surface area contributed by atoms with Crippen molar-refractivity contribution in [1.29, 1.82) is 0 Å². The summed E-state index contributed by atoms with van der Waals surface area (Å²) >= 11 is 0. The van der Waals surface area contributed by atoms with Crippen molar-refractivity contribution < 1.29 is 27.4 Å². The zero-order valence-electron chi connectivity index (χ0n) is 18.1. The molecular weight excluding hydrogens is 453 g/mol. The number of alkyl halides is 3. The molecule has 0 saturated heterocycles. The standard InChI is InChI=1S/C22H19F3N6O3/c1-30(12-13-4-3-5-16(8-13)34-22(23,24)25)20(32)17-9-15(11-27-19(17)33-2)14-6-7-31-18(10-14)28-21(26)29-31/h3-11H,12H2,1-2H3,(H2,26,29). The number of rotatable bonds is 6. The lowest BCUT2D eigenvalue weighted by Gasteiger charge is -2.19. The number of hydrogen-bond donors (Lipinski definition) is 1. The molecule has 0 radical (unpaired) electrons. The van der Waals surface area contributed by atoms with Gasteiger partial charge in [0, 0.05) is 31.5 Å². The van der Waals surface area contributed by atoms with Crippen molar-refractivity contribution in [3.63, 3.8) is 0 Å². The molecule has 3 heterocycles. The van der Waals surface area contributed by atoms with E-state index in [0.717, 1.165) is 5.56 Å². The van der Waals surface area contributed by atoms with E-state index in [4.69, 9.17) is 10.5 Å². The quantitative estimate of drug-likeness (QED) is 0.457. The molecule has 2 N–H and O–H groups in total. The van der Waals surface area contributed by atoms with Crippen LogP contribution in [0, 0.1) is 0 Å². The SMILES string of the molecule is COc1ncc(-c2ccn3nc(N)nc3c2)cc1C(=O)N(C)Cc1cccc(OC(F)(F)F)c1. The number of aromatic nitrogens is 4. The van der Waals surface area contributed by atoms with Gasteiger partial charge in [-0.15, -0.1) is 18.3 Å². The maximum absolute atomic E-state index is 13.2. The Labute approximate surface area is 191 Å². The van der Waals surface area contributed by atoms with Gasteiger partial charge in [0.2, 0.25) is 11.8 Å². The molecule has 0 unspecified atom stereocenters. The molecule has 0 atom stereocenters. The highest BCUT2D eigenvalue weighted by Crippen LogP contribution is 2.27. The fourth-order valence-electron chi connectivity index (χ4n) is 3.40. The van der Waals surface area contributed by atoms with Crippen LogP contribution in [0.25, 0.3) is 16.8 Å². The molecule has 9 nitrogen and oxygen atoms in total. The lowest BCUT2D eigenvalue weighted by molar-refractivity contribution is -0.274. The van der Waals surface area contributed by atoms with Crippen molar-refractivity contribution in [2.45, 2.75) is 12.9 Å². The number of carbonyl (C=O) groups excluding carboxylic acids is 1. The molecule has 12 heteroatoms. The number of ether oxygens (including phenoxy) is 2. The fraction of sp³-hybridized carbons (Fsp3) is 0.182. The summed E-state index contributed by atoms with van der Waals surface area (Å²) in [6, 6.07) is 10.6. The van der Waals surface area contributed by atoms with Crippen molar-refractivity contribution >= 4 is 17.5 Å². The van der Waals surface area contributed by atoms with Gasteiger partial charge < -0.3 is 20.1 Å². The number of amides is 1. The van der Waals surface area contributed by atoms with Gasteiger partial charge in [0.25, 0.3) is 5.91 Å². The number of methoxy groups -OCH3 is 1. The zero-order valence-corrected chi connectivity index (χ0v) is 18.1. The number of anilines is 1. The molecule has 3 aromatic heterocycles. The Kier molecular flexibility index (Phi) is 5.97. The molecule has 4 rings (SSSR count). The zero-order chi connectivity index (χ0) is 24.5.